The van der Waals surface area contributed by atoms with Crippen molar-refractivity contribution in [3.8, 4) is 0 Å². The summed E-state index contributed by atoms with van der Waals surface area (Å²) in [6.07, 6.45) is 14.4. The molecule has 0 bridgehead atoms. The Balaban J connectivity index is 1.21. The van der Waals surface area contributed by atoms with Crippen molar-refractivity contribution in [1.82, 2.24) is 4.90 Å². The zero-order valence-electron chi connectivity index (χ0n) is 26.5. The average molecular weight is 610 g/mol. The average Bonchev–Trinajstić information content (AvgIpc) is 3.46. The van der Waals surface area contributed by atoms with Gasteiger partial charge in [-0.15, -0.1) is 0 Å². The highest BCUT2D eigenvalue weighted by Gasteiger charge is 2.59. The van der Waals surface area contributed by atoms with E-state index in [9.17, 15) is 14.5 Å². The number of amides is 1. The molecule has 8 nitrogen and oxygen atoms in total. The lowest BCUT2D eigenvalue weighted by Gasteiger charge is -2.58. The zero-order valence-corrected chi connectivity index (χ0v) is 27.4. The van der Waals surface area contributed by atoms with Crippen LogP contribution < -0.4 is 0 Å². The third kappa shape index (κ3) is 6.54. The fraction of sp³-hybridized carbons (Fsp3) is 0.909. The molecule has 3 saturated carbocycles. The van der Waals surface area contributed by atoms with E-state index in [4.69, 9.17) is 14.5 Å². The molecule has 4 fully saturated rings. The smallest absolute Gasteiger partial charge is 0.446 e. The molecule has 0 aromatic heterocycles. The lowest BCUT2D eigenvalue weighted by atomic mass is 9.47. The van der Waals surface area contributed by atoms with Crippen molar-refractivity contribution in [1.29, 1.82) is 0 Å². The molecule has 240 valence electrons. The summed E-state index contributed by atoms with van der Waals surface area (Å²) in [5, 5.41) is 10.1. The molecule has 1 heterocycles. The molecular weight excluding hydrogens is 553 g/mol. The molecule has 10 atom stereocenters. The molecule has 5 rings (SSSR count). The summed E-state index contributed by atoms with van der Waals surface area (Å²) < 4.78 is 21.8. The van der Waals surface area contributed by atoms with Crippen molar-refractivity contribution in [3.63, 3.8) is 0 Å². The van der Waals surface area contributed by atoms with E-state index in [1.54, 1.807) is 0 Å². The topological polar surface area (TPSA) is 117 Å². The molecule has 5 aliphatic rings. The predicted molar refractivity (Wildman–Crippen MR) is 162 cm³/mol. The van der Waals surface area contributed by atoms with E-state index in [1.807, 2.05) is 0 Å². The second kappa shape index (κ2) is 12.5. The quantitative estimate of drug-likeness (QED) is 0.189. The standard InChI is InChI=1S/C33H56NO7P/c1-21(2)7-6-8-22(3)28-11-12-29-27-10-9-23-17-26(13-15-32(23,4)30(27)14-16-33(28,29)5)41-31(36)34-19-25(35)18-24(34)20-40-42(37,38)39/h9,21-22,24-30,35H,6-8,10-20H2,1-5H3,(H2,37,38,39)/t22?,24-,25+,26?,27?,28?,29?,30?,32?,33?/m0/s1. The van der Waals surface area contributed by atoms with Crippen LogP contribution in [0.25, 0.3) is 0 Å². The van der Waals surface area contributed by atoms with Gasteiger partial charge in [-0.2, -0.15) is 0 Å². The second-order valence-electron chi connectivity index (χ2n) is 15.5. The first-order chi connectivity index (χ1) is 19.7. The van der Waals surface area contributed by atoms with Crippen molar-refractivity contribution < 1.29 is 33.5 Å². The van der Waals surface area contributed by atoms with Crippen molar-refractivity contribution in [2.45, 2.75) is 130 Å². The Morgan fingerprint density at radius 3 is 2.57 bits per heavy atom. The van der Waals surface area contributed by atoms with Crippen LogP contribution in [0.1, 0.15) is 112 Å². The van der Waals surface area contributed by atoms with Crippen LogP contribution in [-0.4, -0.2) is 57.3 Å². The zero-order chi connectivity index (χ0) is 30.4. The first-order valence-corrected chi connectivity index (χ1v) is 18.3. The number of carbonyl (C=O) groups excluding carboxylic acids is 1. The summed E-state index contributed by atoms with van der Waals surface area (Å²) in [4.78, 5) is 32.7. The van der Waals surface area contributed by atoms with Crippen LogP contribution >= 0.6 is 7.82 Å². The number of carbonyl (C=O) groups is 1. The molecule has 3 N–H and O–H groups in total. The third-order valence-corrected chi connectivity index (χ3v) is 13.1. The van der Waals surface area contributed by atoms with E-state index < -0.39 is 26.1 Å². The number of phosphoric acid groups is 1. The van der Waals surface area contributed by atoms with Gasteiger partial charge in [0.15, 0.2) is 0 Å². The Morgan fingerprint density at radius 1 is 1.10 bits per heavy atom. The van der Waals surface area contributed by atoms with Crippen molar-refractivity contribution in [3.05, 3.63) is 11.6 Å². The number of phosphoric ester groups is 1. The Morgan fingerprint density at radius 2 is 1.86 bits per heavy atom. The van der Waals surface area contributed by atoms with E-state index >= 15 is 0 Å². The summed E-state index contributed by atoms with van der Waals surface area (Å²) in [5.41, 5.74) is 2.08. The van der Waals surface area contributed by atoms with Crippen LogP contribution in [0, 0.1) is 46.3 Å². The van der Waals surface area contributed by atoms with Gasteiger partial charge in [-0.1, -0.05) is 65.5 Å². The number of likely N-dealkylation sites (tertiary alicyclic amines) is 1. The van der Waals surface area contributed by atoms with Gasteiger partial charge in [-0.25, -0.2) is 9.36 Å². The van der Waals surface area contributed by atoms with Gasteiger partial charge in [0, 0.05) is 6.42 Å². The van der Waals surface area contributed by atoms with Crippen LogP contribution in [0.5, 0.6) is 0 Å². The van der Waals surface area contributed by atoms with E-state index in [-0.39, 0.29) is 31.1 Å². The number of hydrogen-bond donors (Lipinski definition) is 3. The Hall–Kier alpha value is -0.920. The first-order valence-electron chi connectivity index (χ1n) is 16.8. The molecule has 0 radical (unpaired) electrons. The van der Waals surface area contributed by atoms with Crippen molar-refractivity contribution in [2.24, 2.45) is 46.3 Å². The largest absolute Gasteiger partial charge is 0.469 e. The summed E-state index contributed by atoms with van der Waals surface area (Å²) in [6, 6.07) is -0.617. The maximum Gasteiger partial charge on any atom is 0.469 e. The molecule has 9 heteroatoms. The monoisotopic (exact) mass is 609 g/mol. The first kappa shape index (κ1) is 32.5. The minimum Gasteiger partial charge on any atom is -0.446 e. The maximum atomic E-state index is 13.1. The fourth-order valence-electron chi connectivity index (χ4n) is 10.4. The number of nitrogens with zero attached hydrogens (tertiary/aromatic N) is 1. The number of rotatable bonds is 9. The summed E-state index contributed by atoms with van der Waals surface area (Å²) in [6.45, 7) is 12.1. The molecule has 1 aliphatic heterocycles. The Labute approximate surface area is 253 Å². The number of aliphatic hydroxyl groups excluding tert-OH is 1. The fourth-order valence-corrected chi connectivity index (χ4v) is 10.8. The van der Waals surface area contributed by atoms with E-state index in [2.05, 4.69) is 45.2 Å². The molecule has 1 amide bonds. The normalized spacial score (nSPS) is 40.7. The highest BCUT2D eigenvalue weighted by atomic mass is 31.2. The van der Waals surface area contributed by atoms with Crippen LogP contribution in [0.15, 0.2) is 11.6 Å². The highest BCUT2D eigenvalue weighted by Crippen LogP contribution is 2.67. The molecule has 0 spiro atoms. The van der Waals surface area contributed by atoms with Gasteiger partial charge >= 0.3 is 13.9 Å². The Kier molecular flexibility index (Phi) is 9.64. The summed E-state index contributed by atoms with van der Waals surface area (Å²) in [5.74, 6) is 4.72. The maximum absolute atomic E-state index is 13.1. The summed E-state index contributed by atoms with van der Waals surface area (Å²) in [7, 11) is -4.66. The lowest BCUT2D eigenvalue weighted by molar-refractivity contribution is -0.0596. The van der Waals surface area contributed by atoms with Gasteiger partial charge in [0.25, 0.3) is 0 Å². The minimum atomic E-state index is -4.66. The van der Waals surface area contributed by atoms with Crippen LogP contribution in [0.4, 0.5) is 4.79 Å². The van der Waals surface area contributed by atoms with Crippen LogP contribution in [-0.2, 0) is 13.8 Å². The molecule has 1 saturated heterocycles. The SMILES string of the molecule is CC(C)CCCC(C)C1CCC2C3CC=C4CC(OC(=O)N5C[C@H](O)C[C@H]5COP(=O)(O)O)CCC4(C)C3CCC12C. The van der Waals surface area contributed by atoms with Gasteiger partial charge in [0.2, 0.25) is 0 Å². The molecule has 0 aromatic rings. The molecule has 8 unspecified atom stereocenters. The number of ether oxygens (including phenoxy) is 1. The van der Waals surface area contributed by atoms with Gasteiger partial charge in [0.05, 0.1) is 25.3 Å². The van der Waals surface area contributed by atoms with Crippen LogP contribution in [0.2, 0.25) is 0 Å². The number of aliphatic hydroxyl groups is 1. The molecule has 4 aliphatic carbocycles. The van der Waals surface area contributed by atoms with Gasteiger partial charge in [-0.05, 0) is 97.7 Å². The highest BCUT2D eigenvalue weighted by molar-refractivity contribution is 7.46. The van der Waals surface area contributed by atoms with Crippen LogP contribution in [0.3, 0.4) is 0 Å². The summed E-state index contributed by atoms with van der Waals surface area (Å²) >= 11 is 0. The van der Waals surface area contributed by atoms with E-state index in [0.29, 0.717) is 11.3 Å². The number of fused-ring (bicyclic) bond motifs is 5. The number of β-amino-alcohol motifs (C(OH)–C–C–N with tert-alkyl or cyclic N) is 1. The number of hydrogen-bond acceptors (Lipinski definition) is 5. The molecule has 0 aromatic carbocycles. The van der Waals surface area contributed by atoms with Gasteiger partial charge in [0.1, 0.15) is 6.10 Å². The van der Waals surface area contributed by atoms with E-state index in [1.165, 1.54) is 55.4 Å². The van der Waals surface area contributed by atoms with E-state index in [0.717, 1.165) is 55.3 Å². The second-order valence-corrected chi connectivity index (χ2v) is 16.8. The van der Waals surface area contributed by atoms with Crippen molar-refractivity contribution >= 4 is 13.9 Å². The molecule has 42 heavy (non-hydrogen) atoms. The van der Waals surface area contributed by atoms with Gasteiger partial charge < -0.3 is 24.5 Å². The Bertz CT molecular complexity index is 1060. The predicted octanol–water partition coefficient (Wildman–Crippen LogP) is 7.08. The van der Waals surface area contributed by atoms with Crippen molar-refractivity contribution in [2.75, 3.05) is 13.2 Å². The number of allylic oxidation sites excluding steroid dienone is 1. The lowest BCUT2D eigenvalue weighted by Crippen LogP contribution is -2.51. The van der Waals surface area contributed by atoms with Gasteiger partial charge in [-0.3, -0.25) is 4.52 Å². The molecular formula is C33H56NO7P. The third-order valence-electron chi connectivity index (χ3n) is 12.6. The minimum absolute atomic E-state index is 0.0857.